The summed E-state index contributed by atoms with van der Waals surface area (Å²) in [5.41, 5.74) is 3.36. The maximum atomic E-state index is 14.0. The predicted molar refractivity (Wildman–Crippen MR) is 105 cm³/mol. The van der Waals surface area contributed by atoms with E-state index in [9.17, 15) is 9.50 Å². The second-order valence-corrected chi connectivity index (χ2v) is 7.79. The first-order valence-electron chi connectivity index (χ1n) is 9.43. The van der Waals surface area contributed by atoms with E-state index in [-0.39, 0.29) is 5.82 Å². The van der Waals surface area contributed by atoms with E-state index in [4.69, 9.17) is 11.6 Å². The van der Waals surface area contributed by atoms with Crippen molar-refractivity contribution in [2.45, 2.75) is 45.4 Å². The minimum Gasteiger partial charge on any atom is -0.387 e. The number of nitrogens with one attached hydrogen (secondary N) is 1. The summed E-state index contributed by atoms with van der Waals surface area (Å²) in [4.78, 5) is 2.23. The van der Waals surface area contributed by atoms with E-state index >= 15 is 0 Å². The Morgan fingerprint density at radius 3 is 2.63 bits per heavy atom. The number of hydrogen-bond acceptors (Lipinski definition) is 4. The minimum absolute atomic E-state index is 0.243. The number of aliphatic hydroxyl groups excluding tert-OH is 1. The number of benzene rings is 1. The van der Waals surface area contributed by atoms with Crippen molar-refractivity contribution >= 4 is 11.6 Å². The molecule has 2 heterocycles. The number of aliphatic hydroxyl groups is 1. The Morgan fingerprint density at radius 1 is 1.33 bits per heavy atom. The molecule has 1 aromatic carbocycles. The monoisotopic (exact) mass is 394 g/mol. The van der Waals surface area contributed by atoms with E-state index in [2.05, 4.69) is 15.3 Å². The van der Waals surface area contributed by atoms with Crippen LogP contribution in [0, 0.1) is 19.7 Å². The Balaban J connectivity index is 1.48. The van der Waals surface area contributed by atoms with Gasteiger partial charge in [0.25, 0.3) is 0 Å². The molecule has 1 aliphatic rings. The quantitative estimate of drug-likeness (QED) is 0.790. The highest BCUT2D eigenvalue weighted by atomic mass is 35.5. The van der Waals surface area contributed by atoms with Crippen molar-refractivity contribution in [1.82, 2.24) is 20.0 Å². The molecule has 1 fully saturated rings. The van der Waals surface area contributed by atoms with Gasteiger partial charge in [0.2, 0.25) is 0 Å². The Hall–Kier alpha value is -1.47. The van der Waals surface area contributed by atoms with Crippen LogP contribution in [0.25, 0.3) is 0 Å². The molecule has 0 saturated carbocycles. The molecule has 0 aliphatic carbocycles. The van der Waals surface area contributed by atoms with Crippen LogP contribution in [0.1, 0.15) is 41.5 Å². The fourth-order valence-corrected chi connectivity index (χ4v) is 4.08. The molecule has 0 amide bonds. The first kappa shape index (κ1) is 20.3. The molecule has 2 N–H and O–H groups in total. The summed E-state index contributed by atoms with van der Waals surface area (Å²) in [5.74, 6) is -0.243. The molecule has 1 atom stereocenters. The van der Waals surface area contributed by atoms with Crippen LogP contribution in [0.15, 0.2) is 18.2 Å². The Kier molecular flexibility index (Phi) is 6.52. The van der Waals surface area contributed by atoms with Gasteiger partial charge in [-0.2, -0.15) is 5.10 Å². The van der Waals surface area contributed by atoms with Gasteiger partial charge < -0.3 is 10.4 Å². The SMILES string of the molecule is Cc1nn(C)c(C)c1C(O)CNC1CCN(Cc2c(F)cccc2Cl)CC1. The van der Waals surface area contributed by atoms with Crippen LogP contribution in [0.5, 0.6) is 0 Å². The van der Waals surface area contributed by atoms with Gasteiger partial charge in [-0.15, -0.1) is 0 Å². The van der Waals surface area contributed by atoms with E-state index < -0.39 is 6.10 Å². The van der Waals surface area contributed by atoms with Crippen molar-refractivity contribution in [3.63, 3.8) is 0 Å². The first-order valence-corrected chi connectivity index (χ1v) is 9.81. The second kappa shape index (κ2) is 8.69. The van der Waals surface area contributed by atoms with Crippen LogP contribution in [-0.4, -0.2) is 45.5 Å². The number of nitrogens with zero attached hydrogens (tertiary/aromatic N) is 3. The lowest BCUT2D eigenvalue weighted by Crippen LogP contribution is -2.43. The summed E-state index contributed by atoms with van der Waals surface area (Å²) in [6.45, 7) is 6.71. The molecule has 1 saturated heterocycles. The summed E-state index contributed by atoms with van der Waals surface area (Å²) in [6, 6.07) is 5.18. The molecule has 148 valence electrons. The largest absolute Gasteiger partial charge is 0.387 e. The van der Waals surface area contributed by atoms with Crippen LogP contribution >= 0.6 is 11.6 Å². The van der Waals surface area contributed by atoms with E-state index in [0.29, 0.717) is 29.7 Å². The van der Waals surface area contributed by atoms with Crippen LogP contribution in [0.2, 0.25) is 5.02 Å². The number of rotatable bonds is 6. The molecule has 1 aliphatic heterocycles. The average Bonchev–Trinajstić information content (AvgIpc) is 2.89. The van der Waals surface area contributed by atoms with Crippen molar-refractivity contribution in [2.75, 3.05) is 19.6 Å². The molecule has 27 heavy (non-hydrogen) atoms. The molecule has 0 radical (unpaired) electrons. The molecule has 5 nitrogen and oxygen atoms in total. The van der Waals surface area contributed by atoms with Gasteiger partial charge in [0.15, 0.2) is 0 Å². The summed E-state index contributed by atoms with van der Waals surface area (Å²) in [6.07, 6.45) is 1.36. The highest BCUT2D eigenvalue weighted by Gasteiger charge is 2.23. The van der Waals surface area contributed by atoms with Crippen LogP contribution < -0.4 is 5.32 Å². The molecule has 3 rings (SSSR count). The summed E-state index contributed by atoms with van der Waals surface area (Å²) in [7, 11) is 1.89. The zero-order valence-corrected chi connectivity index (χ0v) is 16.9. The van der Waals surface area contributed by atoms with Crippen molar-refractivity contribution < 1.29 is 9.50 Å². The van der Waals surface area contributed by atoms with Crippen molar-refractivity contribution in [2.24, 2.45) is 7.05 Å². The Morgan fingerprint density at radius 2 is 2.04 bits per heavy atom. The number of aromatic nitrogens is 2. The lowest BCUT2D eigenvalue weighted by Gasteiger charge is -2.33. The van der Waals surface area contributed by atoms with Crippen molar-refractivity contribution in [1.29, 1.82) is 0 Å². The molecule has 2 aromatic rings. The van der Waals surface area contributed by atoms with E-state index in [1.165, 1.54) is 6.07 Å². The number of hydrogen-bond donors (Lipinski definition) is 2. The Bertz CT molecular complexity index is 766. The highest BCUT2D eigenvalue weighted by Crippen LogP contribution is 2.24. The summed E-state index contributed by atoms with van der Waals surface area (Å²) >= 11 is 6.13. The van der Waals surface area contributed by atoms with E-state index in [1.807, 2.05) is 20.9 Å². The van der Waals surface area contributed by atoms with Crippen LogP contribution in [0.4, 0.5) is 4.39 Å². The number of halogens is 2. The van der Waals surface area contributed by atoms with Gasteiger partial charge in [0.1, 0.15) is 5.82 Å². The van der Waals surface area contributed by atoms with Gasteiger partial charge in [-0.1, -0.05) is 17.7 Å². The number of likely N-dealkylation sites (tertiary alicyclic amines) is 1. The molecular weight excluding hydrogens is 367 g/mol. The first-order chi connectivity index (χ1) is 12.9. The topological polar surface area (TPSA) is 53.3 Å². The van der Waals surface area contributed by atoms with Crippen LogP contribution in [-0.2, 0) is 13.6 Å². The summed E-state index contributed by atoms with van der Waals surface area (Å²) in [5, 5.41) is 18.9. The maximum Gasteiger partial charge on any atom is 0.129 e. The van der Waals surface area contributed by atoms with Gasteiger partial charge >= 0.3 is 0 Å². The molecule has 0 bridgehead atoms. The van der Waals surface area contributed by atoms with Gasteiger partial charge in [0.05, 0.1) is 11.8 Å². The van der Waals surface area contributed by atoms with Gasteiger partial charge in [-0.25, -0.2) is 4.39 Å². The third-order valence-corrected chi connectivity index (χ3v) is 5.88. The number of piperidine rings is 1. The average molecular weight is 395 g/mol. The lowest BCUT2D eigenvalue weighted by atomic mass is 10.0. The van der Waals surface area contributed by atoms with E-state index in [1.54, 1.807) is 16.8 Å². The number of aryl methyl sites for hydroxylation is 2. The smallest absolute Gasteiger partial charge is 0.129 e. The second-order valence-electron chi connectivity index (χ2n) is 7.38. The molecule has 7 heteroatoms. The minimum atomic E-state index is -0.561. The standard InChI is InChI=1S/C20H28ClFN4O/c1-13-20(14(2)25(3)24-13)19(27)11-23-15-7-9-26(10-8-15)12-16-17(21)5-4-6-18(16)22/h4-6,15,19,23,27H,7-12H2,1-3H3. The van der Waals surface area contributed by atoms with E-state index in [0.717, 1.165) is 42.9 Å². The third-order valence-electron chi connectivity index (χ3n) is 5.53. The van der Waals surface area contributed by atoms with Gasteiger partial charge in [-0.3, -0.25) is 9.58 Å². The van der Waals surface area contributed by atoms with Crippen molar-refractivity contribution in [3.05, 3.63) is 51.6 Å². The fraction of sp³-hybridized carbons (Fsp3) is 0.550. The van der Waals surface area contributed by atoms with Crippen LogP contribution in [0.3, 0.4) is 0 Å². The van der Waals surface area contributed by atoms with Gasteiger partial charge in [0, 0.05) is 48.0 Å². The van der Waals surface area contributed by atoms with Gasteiger partial charge in [-0.05, 0) is 51.9 Å². The molecular formula is C20H28ClFN4O. The zero-order valence-electron chi connectivity index (χ0n) is 16.2. The summed E-state index contributed by atoms with van der Waals surface area (Å²) < 4.78 is 15.8. The predicted octanol–water partition coefficient (Wildman–Crippen LogP) is 3.12. The Labute approximate surface area is 165 Å². The maximum absolute atomic E-state index is 14.0. The van der Waals surface area contributed by atoms with Crippen molar-refractivity contribution in [3.8, 4) is 0 Å². The highest BCUT2D eigenvalue weighted by molar-refractivity contribution is 6.31. The lowest BCUT2D eigenvalue weighted by molar-refractivity contribution is 0.148. The fourth-order valence-electron chi connectivity index (χ4n) is 3.85. The molecule has 0 spiro atoms. The molecule has 1 unspecified atom stereocenters. The molecule has 1 aromatic heterocycles. The zero-order chi connectivity index (χ0) is 19.6. The third kappa shape index (κ3) is 4.69. The normalized spacial score (nSPS) is 17.4.